The van der Waals surface area contributed by atoms with Crippen molar-refractivity contribution < 1.29 is 14.1 Å². The highest BCUT2D eigenvalue weighted by molar-refractivity contribution is 7.80. The Morgan fingerprint density at radius 2 is 2.00 bits per heavy atom. The van der Waals surface area contributed by atoms with Gasteiger partial charge in [0.2, 0.25) is 0 Å². The lowest BCUT2D eigenvalue weighted by molar-refractivity contribution is -0.384. The fourth-order valence-electron chi connectivity index (χ4n) is 1.68. The SMILES string of the molecule is O=C(NC(=S)Nc1ccc([N+](=O)[O-])cc1Cl)c1cccc(F)c1. The molecule has 2 aromatic carbocycles. The fraction of sp³-hybridized carbons (Fsp3) is 0. The zero-order valence-corrected chi connectivity index (χ0v) is 13.0. The number of carbonyl (C=O) groups is 1. The molecule has 0 atom stereocenters. The van der Waals surface area contributed by atoms with Gasteiger partial charge in [0, 0.05) is 17.7 Å². The van der Waals surface area contributed by atoms with Crippen LogP contribution in [0.15, 0.2) is 42.5 Å². The van der Waals surface area contributed by atoms with E-state index in [1.807, 2.05) is 0 Å². The molecule has 118 valence electrons. The summed E-state index contributed by atoms with van der Waals surface area (Å²) < 4.78 is 13.1. The Morgan fingerprint density at radius 3 is 2.61 bits per heavy atom. The van der Waals surface area contributed by atoms with Crippen LogP contribution in [0.5, 0.6) is 0 Å². The lowest BCUT2D eigenvalue weighted by Crippen LogP contribution is -2.34. The molecule has 23 heavy (non-hydrogen) atoms. The van der Waals surface area contributed by atoms with Gasteiger partial charge in [0.1, 0.15) is 5.82 Å². The first-order chi connectivity index (χ1) is 10.9. The van der Waals surface area contributed by atoms with Gasteiger partial charge >= 0.3 is 0 Å². The van der Waals surface area contributed by atoms with Crippen LogP contribution in [-0.4, -0.2) is 15.9 Å². The highest BCUT2D eigenvalue weighted by atomic mass is 35.5. The first-order valence-corrected chi connectivity index (χ1v) is 6.97. The normalized spacial score (nSPS) is 10.0. The van der Waals surface area contributed by atoms with Crippen molar-refractivity contribution in [3.8, 4) is 0 Å². The minimum absolute atomic E-state index is 0.0709. The third-order valence-corrected chi connectivity index (χ3v) is 3.24. The van der Waals surface area contributed by atoms with E-state index in [4.69, 9.17) is 23.8 Å². The number of benzene rings is 2. The number of hydrogen-bond donors (Lipinski definition) is 2. The summed E-state index contributed by atoms with van der Waals surface area (Å²) in [5.41, 5.74) is 0.223. The molecule has 0 radical (unpaired) electrons. The van der Waals surface area contributed by atoms with Gasteiger partial charge in [-0.05, 0) is 36.5 Å². The fourth-order valence-corrected chi connectivity index (χ4v) is 2.10. The van der Waals surface area contributed by atoms with Gasteiger partial charge in [0.05, 0.1) is 15.6 Å². The molecule has 2 rings (SSSR count). The van der Waals surface area contributed by atoms with Crippen molar-refractivity contribution >= 4 is 46.2 Å². The maximum Gasteiger partial charge on any atom is 0.271 e. The van der Waals surface area contributed by atoms with E-state index in [1.54, 1.807) is 0 Å². The Hall–Kier alpha value is -2.58. The van der Waals surface area contributed by atoms with E-state index in [9.17, 15) is 19.3 Å². The molecule has 2 N–H and O–H groups in total. The second-order valence-electron chi connectivity index (χ2n) is 4.34. The average Bonchev–Trinajstić information content (AvgIpc) is 2.49. The summed E-state index contributed by atoms with van der Waals surface area (Å²) in [7, 11) is 0. The van der Waals surface area contributed by atoms with Gasteiger partial charge in [0.15, 0.2) is 5.11 Å². The summed E-state index contributed by atoms with van der Waals surface area (Å²) in [5.74, 6) is -1.14. The van der Waals surface area contributed by atoms with Crippen LogP contribution in [0.2, 0.25) is 5.02 Å². The van der Waals surface area contributed by atoms with Gasteiger partial charge in [-0.15, -0.1) is 0 Å². The second kappa shape index (κ2) is 7.12. The van der Waals surface area contributed by atoms with E-state index < -0.39 is 16.6 Å². The van der Waals surface area contributed by atoms with Crippen LogP contribution in [0, 0.1) is 15.9 Å². The van der Waals surface area contributed by atoms with E-state index in [-0.39, 0.29) is 21.4 Å². The number of non-ortho nitro benzene ring substituents is 1. The largest absolute Gasteiger partial charge is 0.331 e. The molecule has 0 unspecified atom stereocenters. The molecule has 0 bridgehead atoms. The lowest BCUT2D eigenvalue weighted by Gasteiger charge is -2.10. The Morgan fingerprint density at radius 1 is 1.26 bits per heavy atom. The number of nitro groups is 1. The topological polar surface area (TPSA) is 84.3 Å². The van der Waals surface area contributed by atoms with Crippen molar-refractivity contribution in [2.75, 3.05) is 5.32 Å². The summed E-state index contributed by atoms with van der Waals surface area (Å²) in [6.07, 6.45) is 0. The average molecular weight is 354 g/mol. The molecule has 0 saturated carbocycles. The Bertz CT molecular complexity index is 801. The van der Waals surface area contributed by atoms with Crippen molar-refractivity contribution in [2.24, 2.45) is 0 Å². The van der Waals surface area contributed by atoms with Crippen molar-refractivity contribution in [2.45, 2.75) is 0 Å². The third kappa shape index (κ3) is 4.44. The Labute approximate surface area is 140 Å². The van der Waals surface area contributed by atoms with Crippen LogP contribution in [0.4, 0.5) is 15.8 Å². The van der Waals surface area contributed by atoms with Crippen molar-refractivity contribution in [1.29, 1.82) is 0 Å². The minimum Gasteiger partial charge on any atom is -0.331 e. The van der Waals surface area contributed by atoms with Gasteiger partial charge in [0.25, 0.3) is 11.6 Å². The summed E-state index contributed by atoms with van der Waals surface area (Å²) in [6.45, 7) is 0. The van der Waals surface area contributed by atoms with Gasteiger partial charge in [-0.25, -0.2) is 4.39 Å². The molecule has 9 heteroatoms. The Kier molecular flexibility index (Phi) is 5.20. The van der Waals surface area contributed by atoms with Crippen LogP contribution in [0.25, 0.3) is 0 Å². The van der Waals surface area contributed by atoms with Gasteiger partial charge < -0.3 is 5.32 Å². The zero-order chi connectivity index (χ0) is 17.0. The Balaban J connectivity index is 2.05. The van der Waals surface area contributed by atoms with Crippen molar-refractivity contribution in [3.63, 3.8) is 0 Å². The minimum atomic E-state index is -0.597. The van der Waals surface area contributed by atoms with Crippen LogP contribution < -0.4 is 10.6 Å². The van der Waals surface area contributed by atoms with Crippen LogP contribution in [0.3, 0.4) is 0 Å². The molecule has 0 spiro atoms. The molecule has 6 nitrogen and oxygen atoms in total. The predicted molar refractivity (Wildman–Crippen MR) is 88.2 cm³/mol. The number of halogens is 2. The molecule has 2 aromatic rings. The molecular weight excluding hydrogens is 345 g/mol. The standard InChI is InChI=1S/C14H9ClFN3O3S/c15-11-7-10(19(21)22)4-5-12(11)17-14(23)18-13(20)8-2-1-3-9(16)6-8/h1-7H,(H2,17,18,20,23). The zero-order valence-electron chi connectivity index (χ0n) is 11.4. The van der Waals surface area contributed by atoms with E-state index >= 15 is 0 Å². The number of thiocarbonyl (C=S) groups is 1. The highest BCUT2D eigenvalue weighted by Crippen LogP contribution is 2.26. The maximum absolute atomic E-state index is 13.1. The number of nitro benzene ring substituents is 1. The van der Waals surface area contributed by atoms with Gasteiger partial charge in [-0.3, -0.25) is 20.2 Å². The van der Waals surface area contributed by atoms with Gasteiger partial charge in [-0.2, -0.15) is 0 Å². The smallest absolute Gasteiger partial charge is 0.271 e. The maximum atomic E-state index is 13.1. The van der Waals surface area contributed by atoms with Crippen LogP contribution in [0.1, 0.15) is 10.4 Å². The molecule has 0 aliphatic heterocycles. The number of rotatable bonds is 3. The van der Waals surface area contributed by atoms with Crippen molar-refractivity contribution in [1.82, 2.24) is 5.32 Å². The number of carbonyl (C=O) groups excluding carboxylic acids is 1. The first kappa shape index (κ1) is 16.8. The summed E-state index contributed by atoms with van der Waals surface area (Å²) in [4.78, 5) is 21.9. The third-order valence-electron chi connectivity index (χ3n) is 2.73. The monoisotopic (exact) mass is 353 g/mol. The molecule has 0 aliphatic rings. The molecule has 0 aliphatic carbocycles. The molecule has 1 amide bonds. The van der Waals surface area contributed by atoms with E-state index in [1.165, 1.54) is 30.3 Å². The lowest BCUT2D eigenvalue weighted by atomic mass is 10.2. The van der Waals surface area contributed by atoms with Crippen LogP contribution in [-0.2, 0) is 0 Å². The molecule has 0 fully saturated rings. The summed E-state index contributed by atoms with van der Waals surface area (Å²) in [5, 5.41) is 15.6. The summed E-state index contributed by atoms with van der Waals surface area (Å²) in [6, 6.07) is 8.86. The molecule has 0 aromatic heterocycles. The van der Waals surface area contributed by atoms with E-state index in [2.05, 4.69) is 10.6 Å². The number of hydrogen-bond acceptors (Lipinski definition) is 4. The number of nitrogens with one attached hydrogen (secondary N) is 2. The predicted octanol–water partition coefficient (Wildman–Crippen LogP) is 3.51. The highest BCUT2D eigenvalue weighted by Gasteiger charge is 2.12. The molecule has 0 saturated heterocycles. The first-order valence-electron chi connectivity index (χ1n) is 6.18. The molecule has 0 heterocycles. The van der Waals surface area contributed by atoms with Crippen LogP contribution >= 0.6 is 23.8 Å². The quantitative estimate of drug-likeness (QED) is 0.501. The van der Waals surface area contributed by atoms with E-state index in [0.717, 1.165) is 12.1 Å². The second-order valence-corrected chi connectivity index (χ2v) is 5.16. The summed E-state index contributed by atoms with van der Waals surface area (Å²) >= 11 is 10.9. The van der Waals surface area contributed by atoms with Crippen molar-refractivity contribution in [3.05, 3.63) is 69.0 Å². The number of nitrogens with zero attached hydrogens (tertiary/aromatic N) is 1. The number of amides is 1. The number of anilines is 1. The van der Waals surface area contributed by atoms with Gasteiger partial charge in [-0.1, -0.05) is 17.7 Å². The molecular formula is C14H9ClFN3O3S. The van der Waals surface area contributed by atoms with E-state index in [0.29, 0.717) is 5.69 Å².